The minimum atomic E-state index is 0.356. The van der Waals surface area contributed by atoms with E-state index in [1.165, 1.54) is 0 Å². The zero-order valence-electron chi connectivity index (χ0n) is 8.55. The van der Waals surface area contributed by atoms with Crippen LogP contribution in [0.5, 0.6) is 0 Å². The molecule has 0 N–H and O–H groups in total. The molecule has 0 atom stereocenters. The van der Waals surface area contributed by atoms with Crippen molar-refractivity contribution in [3.05, 3.63) is 18.9 Å². The van der Waals surface area contributed by atoms with E-state index < -0.39 is 0 Å². The minimum absolute atomic E-state index is 0.356. The van der Waals surface area contributed by atoms with Crippen molar-refractivity contribution in [2.45, 2.75) is 19.9 Å². The van der Waals surface area contributed by atoms with E-state index in [0.717, 1.165) is 11.5 Å². The van der Waals surface area contributed by atoms with E-state index in [2.05, 4.69) is 29.0 Å². The molecule has 0 aromatic carbocycles. The van der Waals surface area contributed by atoms with Gasteiger partial charge in [-0.05, 0) is 13.8 Å². The van der Waals surface area contributed by atoms with Crippen LogP contribution in [0.1, 0.15) is 19.9 Å². The molecule has 0 amide bonds. The molecule has 74 valence electrons. The van der Waals surface area contributed by atoms with Crippen molar-refractivity contribution in [1.82, 2.24) is 24.3 Å². The van der Waals surface area contributed by atoms with Crippen LogP contribution in [0.3, 0.4) is 0 Å². The fourth-order valence-corrected chi connectivity index (χ4v) is 1.38. The minimum Gasteiger partial charge on any atom is -0.331 e. The molecule has 0 radical (unpaired) electrons. The molecule has 0 spiro atoms. The normalized spacial score (nSPS) is 11.1. The van der Waals surface area contributed by atoms with Crippen LogP contribution in [0.15, 0.2) is 18.9 Å². The summed E-state index contributed by atoms with van der Waals surface area (Å²) in [6.45, 7) is 4.20. The molecular weight excluding hydrogens is 178 g/mol. The van der Waals surface area contributed by atoms with Crippen molar-refractivity contribution in [1.29, 1.82) is 0 Å². The number of aromatic nitrogens is 5. The van der Waals surface area contributed by atoms with Gasteiger partial charge in [0, 0.05) is 13.1 Å². The molecule has 0 aliphatic heterocycles. The molecule has 0 saturated heterocycles. The highest BCUT2D eigenvalue weighted by Gasteiger charge is 2.12. The fraction of sp³-hybridized carbons (Fsp3) is 0.444. The Balaban J connectivity index is 2.52. The third-order valence-corrected chi connectivity index (χ3v) is 2.18. The zero-order valence-corrected chi connectivity index (χ0v) is 8.55. The van der Waals surface area contributed by atoms with Gasteiger partial charge in [-0.1, -0.05) is 0 Å². The quantitative estimate of drug-likeness (QED) is 0.718. The second-order valence-electron chi connectivity index (χ2n) is 3.55. The summed E-state index contributed by atoms with van der Waals surface area (Å²) in [4.78, 5) is 4.06. The average Bonchev–Trinajstić information content (AvgIpc) is 2.70. The maximum absolute atomic E-state index is 4.09. The Morgan fingerprint density at radius 3 is 2.64 bits per heavy atom. The van der Waals surface area contributed by atoms with Gasteiger partial charge in [-0.2, -0.15) is 0 Å². The number of hydrogen-bond donors (Lipinski definition) is 0. The first kappa shape index (κ1) is 8.93. The summed E-state index contributed by atoms with van der Waals surface area (Å²) < 4.78 is 3.96. The summed E-state index contributed by atoms with van der Waals surface area (Å²) in [6, 6.07) is 0.356. The Morgan fingerprint density at radius 1 is 1.29 bits per heavy atom. The largest absolute Gasteiger partial charge is 0.331 e. The Kier molecular flexibility index (Phi) is 2.07. The summed E-state index contributed by atoms with van der Waals surface area (Å²) in [5, 5.41) is 8.01. The second kappa shape index (κ2) is 3.25. The monoisotopic (exact) mass is 191 g/mol. The molecule has 0 bridgehead atoms. The third kappa shape index (κ3) is 1.30. The standard InChI is InChI=1S/C9H13N5/c1-7(2)14-6-11-12-9(14)8-4-10-5-13(8)3/h4-7H,1-3H3. The Morgan fingerprint density at radius 2 is 2.07 bits per heavy atom. The molecule has 0 fully saturated rings. The fourth-order valence-electron chi connectivity index (χ4n) is 1.38. The molecule has 2 heterocycles. The molecule has 2 aromatic rings. The van der Waals surface area contributed by atoms with Crippen LogP contribution in [-0.4, -0.2) is 24.3 Å². The van der Waals surface area contributed by atoms with E-state index in [1.54, 1.807) is 18.9 Å². The Bertz CT molecular complexity index is 426. The lowest BCUT2D eigenvalue weighted by Gasteiger charge is -2.09. The van der Waals surface area contributed by atoms with E-state index in [1.807, 2.05) is 16.2 Å². The molecule has 14 heavy (non-hydrogen) atoms. The lowest BCUT2D eigenvalue weighted by molar-refractivity contribution is 0.601. The van der Waals surface area contributed by atoms with E-state index in [4.69, 9.17) is 0 Å². The predicted molar refractivity (Wildman–Crippen MR) is 52.6 cm³/mol. The molecule has 0 unspecified atom stereocenters. The van der Waals surface area contributed by atoms with E-state index >= 15 is 0 Å². The summed E-state index contributed by atoms with van der Waals surface area (Å²) >= 11 is 0. The smallest absolute Gasteiger partial charge is 0.182 e. The molecule has 0 aliphatic rings. The van der Waals surface area contributed by atoms with Gasteiger partial charge in [-0.25, -0.2) is 4.98 Å². The van der Waals surface area contributed by atoms with Gasteiger partial charge < -0.3 is 9.13 Å². The Hall–Kier alpha value is -1.65. The first-order valence-corrected chi connectivity index (χ1v) is 4.56. The van der Waals surface area contributed by atoms with Crippen LogP contribution in [0, 0.1) is 0 Å². The van der Waals surface area contributed by atoms with Gasteiger partial charge in [0.15, 0.2) is 5.82 Å². The molecule has 2 rings (SSSR count). The van der Waals surface area contributed by atoms with Crippen molar-refractivity contribution in [3.63, 3.8) is 0 Å². The van der Waals surface area contributed by atoms with Gasteiger partial charge in [0.1, 0.15) is 12.0 Å². The van der Waals surface area contributed by atoms with Crippen LogP contribution < -0.4 is 0 Å². The van der Waals surface area contributed by atoms with Crippen molar-refractivity contribution in [3.8, 4) is 11.5 Å². The number of aryl methyl sites for hydroxylation is 1. The van der Waals surface area contributed by atoms with Crippen molar-refractivity contribution in [2.75, 3.05) is 0 Å². The first-order valence-electron chi connectivity index (χ1n) is 4.56. The van der Waals surface area contributed by atoms with Gasteiger partial charge in [0.05, 0.1) is 12.5 Å². The van der Waals surface area contributed by atoms with Crippen LogP contribution >= 0.6 is 0 Å². The number of rotatable bonds is 2. The highest BCUT2D eigenvalue weighted by Crippen LogP contribution is 2.18. The van der Waals surface area contributed by atoms with Gasteiger partial charge in [0.2, 0.25) is 0 Å². The SMILES string of the molecule is CC(C)n1cnnc1-c1cncn1C. The van der Waals surface area contributed by atoms with Gasteiger partial charge in [0.25, 0.3) is 0 Å². The summed E-state index contributed by atoms with van der Waals surface area (Å²) in [5.74, 6) is 0.861. The van der Waals surface area contributed by atoms with Gasteiger partial charge >= 0.3 is 0 Å². The van der Waals surface area contributed by atoms with E-state index in [0.29, 0.717) is 6.04 Å². The van der Waals surface area contributed by atoms with Gasteiger partial charge in [-0.15, -0.1) is 10.2 Å². The third-order valence-electron chi connectivity index (χ3n) is 2.18. The molecule has 2 aromatic heterocycles. The summed E-state index contributed by atoms with van der Waals surface area (Å²) in [7, 11) is 1.95. The Labute approximate surface area is 82.4 Å². The maximum Gasteiger partial charge on any atom is 0.182 e. The number of nitrogens with zero attached hydrogens (tertiary/aromatic N) is 5. The first-order chi connectivity index (χ1) is 6.70. The second-order valence-corrected chi connectivity index (χ2v) is 3.55. The molecule has 0 saturated carbocycles. The maximum atomic E-state index is 4.09. The number of hydrogen-bond acceptors (Lipinski definition) is 3. The van der Waals surface area contributed by atoms with Crippen molar-refractivity contribution >= 4 is 0 Å². The van der Waals surface area contributed by atoms with Crippen molar-refractivity contribution in [2.24, 2.45) is 7.05 Å². The van der Waals surface area contributed by atoms with Crippen LogP contribution in [0.2, 0.25) is 0 Å². The topological polar surface area (TPSA) is 48.5 Å². The molecule has 5 nitrogen and oxygen atoms in total. The lowest BCUT2D eigenvalue weighted by atomic mass is 10.3. The molecular formula is C9H13N5. The highest BCUT2D eigenvalue weighted by atomic mass is 15.3. The van der Waals surface area contributed by atoms with Gasteiger partial charge in [-0.3, -0.25) is 0 Å². The van der Waals surface area contributed by atoms with E-state index in [-0.39, 0.29) is 0 Å². The zero-order chi connectivity index (χ0) is 10.1. The average molecular weight is 191 g/mol. The molecule has 0 aliphatic carbocycles. The van der Waals surface area contributed by atoms with E-state index in [9.17, 15) is 0 Å². The van der Waals surface area contributed by atoms with Crippen LogP contribution in [0.25, 0.3) is 11.5 Å². The van der Waals surface area contributed by atoms with Crippen LogP contribution in [0.4, 0.5) is 0 Å². The summed E-state index contributed by atoms with van der Waals surface area (Å²) in [6.07, 6.45) is 5.30. The van der Waals surface area contributed by atoms with Crippen molar-refractivity contribution < 1.29 is 0 Å². The summed E-state index contributed by atoms with van der Waals surface area (Å²) in [5.41, 5.74) is 0.983. The molecule has 5 heteroatoms. The number of imidazole rings is 1. The highest BCUT2D eigenvalue weighted by molar-refractivity contribution is 5.48. The predicted octanol–water partition coefficient (Wildman–Crippen LogP) is 1.26. The lowest BCUT2D eigenvalue weighted by Crippen LogP contribution is -2.03. The van der Waals surface area contributed by atoms with Crippen LogP contribution in [-0.2, 0) is 7.05 Å².